The molecule has 1 saturated heterocycles. The first-order valence-electron chi connectivity index (χ1n) is 14.1. The van der Waals surface area contributed by atoms with Crippen molar-refractivity contribution in [1.29, 1.82) is 5.26 Å². The van der Waals surface area contributed by atoms with Gasteiger partial charge in [-0.2, -0.15) is 5.26 Å². The minimum atomic E-state index is -0.569. The second-order valence-corrected chi connectivity index (χ2v) is 10.9. The molecule has 3 aromatic carbocycles. The van der Waals surface area contributed by atoms with E-state index >= 15 is 4.39 Å². The standard InChI is InChI=1S/C32H29ClF2N8/c1-2-42-12-10-24(11-13-42)43-19-29(40-41-43)31(20-6-4-3-5-7-20)39-28-15-22(34)14-25-30(21(17-36)18-37-32(25)28)38-23-8-9-27(35)26(33)16-23/h3-9,14-16,18-19,24,31,39H,2,10-13H2,1H3,(H,37,38)/t31-/m0/s1. The molecule has 0 radical (unpaired) electrons. The Morgan fingerprint density at radius 2 is 1.88 bits per heavy atom. The second kappa shape index (κ2) is 12.3. The lowest BCUT2D eigenvalue weighted by Crippen LogP contribution is -2.34. The highest BCUT2D eigenvalue weighted by atomic mass is 35.5. The Labute approximate surface area is 252 Å². The molecule has 1 atom stereocenters. The van der Waals surface area contributed by atoms with Crippen molar-refractivity contribution in [2.24, 2.45) is 0 Å². The molecular weight excluding hydrogens is 570 g/mol. The average Bonchev–Trinajstić information content (AvgIpc) is 3.52. The van der Waals surface area contributed by atoms with Gasteiger partial charge in [-0.15, -0.1) is 5.10 Å². The van der Waals surface area contributed by atoms with Gasteiger partial charge >= 0.3 is 0 Å². The van der Waals surface area contributed by atoms with Crippen LogP contribution in [0.1, 0.15) is 48.7 Å². The zero-order valence-corrected chi connectivity index (χ0v) is 24.2. The molecule has 5 aromatic rings. The monoisotopic (exact) mass is 598 g/mol. The van der Waals surface area contributed by atoms with Crippen molar-refractivity contribution >= 4 is 39.6 Å². The van der Waals surface area contributed by atoms with E-state index < -0.39 is 17.7 Å². The molecule has 43 heavy (non-hydrogen) atoms. The lowest BCUT2D eigenvalue weighted by Gasteiger charge is -2.30. The van der Waals surface area contributed by atoms with Crippen molar-refractivity contribution in [3.05, 3.63) is 107 Å². The molecule has 0 unspecified atom stereocenters. The van der Waals surface area contributed by atoms with E-state index in [9.17, 15) is 9.65 Å². The summed E-state index contributed by atoms with van der Waals surface area (Å²) >= 11 is 5.98. The van der Waals surface area contributed by atoms with Crippen LogP contribution in [-0.4, -0.2) is 44.5 Å². The van der Waals surface area contributed by atoms with Crippen LogP contribution in [0.4, 0.5) is 25.8 Å². The molecule has 0 spiro atoms. The number of benzene rings is 3. The number of aromatic nitrogens is 4. The Morgan fingerprint density at radius 1 is 1.09 bits per heavy atom. The van der Waals surface area contributed by atoms with Crippen LogP contribution >= 0.6 is 11.6 Å². The molecule has 8 nitrogen and oxygen atoms in total. The van der Waals surface area contributed by atoms with E-state index in [1.54, 1.807) is 0 Å². The number of pyridine rings is 1. The number of hydrogen-bond acceptors (Lipinski definition) is 7. The molecule has 2 aromatic heterocycles. The third-order valence-corrected chi connectivity index (χ3v) is 8.17. The van der Waals surface area contributed by atoms with Crippen molar-refractivity contribution in [3.8, 4) is 6.07 Å². The maximum atomic E-state index is 15.2. The van der Waals surface area contributed by atoms with E-state index in [-0.39, 0.29) is 16.6 Å². The van der Waals surface area contributed by atoms with Gasteiger partial charge < -0.3 is 15.5 Å². The number of hydrogen-bond donors (Lipinski definition) is 2. The second-order valence-electron chi connectivity index (χ2n) is 10.5. The maximum absolute atomic E-state index is 15.2. The fourth-order valence-corrected chi connectivity index (χ4v) is 5.73. The van der Waals surface area contributed by atoms with Crippen LogP contribution in [0.3, 0.4) is 0 Å². The number of anilines is 3. The molecule has 0 aliphatic carbocycles. The summed E-state index contributed by atoms with van der Waals surface area (Å²) in [5.74, 6) is -1.09. The average molecular weight is 599 g/mol. The van der Waals surface area contributed by atoms with Gasteiger partial charge in [-0.25, -0.2) is 13.5 Å². The number of likely N-dealkylation sites (tertiary alicyclic amines) is 1. The van der Waals surface area contributed by atoms with Gasteiger partial charge in [0.1, 0.15) is 23.4 Å². The highest BCUT2D eigenvalue weighted by Gasteiger charge is 2.25. The maximum Gasteiger partial charge on any atom is 0.141 e. The van der Waals surface area contributed by atoms with Crippen molar-refractivity contribution in [1.82, 2.24) is 24.9 Å². The van der Waals surface area contributed by atoms with Gasteiger partial charge in [0, 0.05) is 30.4 Å². The van der Waals surface area contributed by atoms with E-state index in [4.69, 9.17) is 11.6 Å². The smallest absolute Gasteiger partial charge is 0.141 e. The highest BCUT2D eigenvalue weighted by molar-refractivity contribution is 6.31. The Kier molecular flexibility index (Phi) is 8.18. The topological polar surface area (TPSA) is 94.7 Å². The molecule has 0 bridgehead atoms. The number of halogens is 3. The molecule has 2 N–H and O–H groups in total. The van der Waals surface area contributed by atoms with E-state index in [0.717, 1.165) is 38.0 Å². The van der Waals surface area contributed by atoms with Crippen LogP contribution in [-0.2, 0) is 0 Å². The van der Waals surface area contributed by atoms with Crippen molar-refractivity contribution < 1.29 is 8.78 Å². The van der Waals surface area contributed by atoms with Crippen molar-refractivity contribution in [3.63, 3.8) is 0 Å². The fourth-order valence-electron chi connectivity index (χ4n) is 5.55. The molecule has 1 aliphatic heterocycles. The fraction of sp³-hybridized carbons (Fsp3) is 0.250. The predicted octanol–water partition coefficient (Wildman–Crippen LogP) is 7.23. The summed E-state index contributed by atoms with van der Waals surface area (Å²) in [5, 5.41) is 25.7. The molecule has 6 rings (SSSR count). The number of fused-ring (bicyclic) bond motifs is 1. The Morgan fingerprint density at radius 3 is 2.60 bits per heavy atom. The zero-order valence-electron chi connectivity index (χ0n) is 23.4. The Balaban J connectivity index is 1.39. The molecule has 1 fully saturated rings. The minimum absolute atomic E-state index is 0.0786. The normalized spacial score (nSPS) is 14.9. The first kappa shape index (κ1) is 28.5. The lowest BCUT2D eigenvalue weighted by atomic mass is 10.0. The number of nitriles is 1. The van der Waals surface area contributed by atoms with E-state index in [2.05, 4.69) is 43.8 Å². The molecule has 0 amide bonds. The minimum Gasteiger partial charge on any atom is -0.371 e. The van der Waals surface area contributed by atoms with E-state index in [1.165, 1.54) is 36.5 Å². The van der Waals surface area contributed by atoms with Gasteiger partial charge in [0.2, 0.25) is 0 Å². The summed E-state index contributed by atoms with van der Waals surface area (Å²) in [4.78, 5) is 6.96. The van der Waals surface area contributed by atoms with Gasteiger partial charge in [-0.05, 0) is 55.3 Å². The zero-order chi connectivity index (χ0) is 29.9. The summed E-state index contributed by atoms with van der Waals surface area (Å²) in [6, 6.07) is 18.5. The number of nitrogens with zero attached hydrogens (tertiary/aromatic N) is 6. The highest BCUT2D eigenvalue weighted by Crippen LogP contribution is 2.36. The van der Waals surface area contributed by atoms with Gasteiger partial charge in [0.15, 0.2) is 0 Å². The van der Waals surface area contributed by atoms with Gasteiger partial charge in [0.25, 0.3) is 0 Å². The summed E-state index contributed by atoms with van der Waals surface area (Å²) < 4.78 is 31.0. The van der Waals surface area contributed by atoms with E-state index in [1.807, 2.05) is 41.2 Å². The molecule has 11 heteroatoms. The number of rotatable bonds is 8. The molecular formula is C32H29ClF2N8. The number of piperidine rings is 1. The third-order valence-electron chi connectivity index (χ3n) is 7.88. The van der Waals surface area contributed by atoms with Gasteiger partial charge in [-0.1, -0.05) is 54.1 Å². The summed E-state index contributed by atoms with van der Waals surface area (Å²) in [6.45, 7) is 5.24. The molecule has 1 aliphatic rings. The number of nitrogens with one attached hydrogen (secondary N) is 2. The largest absolute Gasteiger partial charge is 0.371 e. The molecule has 218 valence electrons. The predicted molar refractivity (Wildman–Crippen MR) is 163 cm³/mol. The van der Waals surface area contributed by atoms with E-state index in [0.29, 0.717) is 33.7 Å². The van der Waals surface area contributed by atoms with Gasteiger partial charge in [-0.3, -0.25) is 4.98 Å². The lowest BCUT2D eigenvalue weighted by molar-refractivity contribution is 0.186. The van der Waals surface area contributed by atoms with Crippen molar-refractivity contribution in [2.75, 3.05) is 30.3 Å². The Hall–Kier alpha value is -4.59. The summed E-state index contributed by atoms with van der Waals surface area (Å²) in [7, 11) is 0. The first-order chi connectivity index (χ1) is 20.9. The van der Waals surface area contributed by atoms with Crippen LogP contribution in [0.5, 0.6) is 0 Å². The van der Waals surface area contributed by atoms with Gasteiger partial charge in [0.05, 0.1) is 45.8 Å². The van der Waals surface area contributed by atoms with Crippen LogP contribution in [0.15, 0.2) is 73.1 Å². The quantitative estimate of drug-likeness (QED) is 0.194. The molecule has 3 heterocycles. The van der Waals surface area contributed by atoms with Crippen LogP contribution < -0.4 is 10.6 Å². The van der Waals surface area contributed by atoms with Crippen LogP contribution in [0.25, 0.3) is 10.9 Å². The first-order valence-corrected chi connectivity index (χ1v) is 14.5. The molecule has 0 saturated carbocycles. The SMILES string of the molecule is CCN1CCC(n2cc([C@@H](Nc3cc(F)cc4c(Nc5ccc(F)c(Cl)c5)c(C#N)cnc34)c3ccccc3)nn2)CC1. The summed E-state index contributed by atoms with van der Waals surface area (Å²) in [6.07, 6.45) is 5.38. The summed E-state index contributed by atoms with van der Waals surface area (Å²) in [5.41, 5.74) is 3.43. The van der Waals surface area contributed by atoms with Crippen molar-refractivity contribution in [2.45, 2.75) is 31.8 Å². The Bertz CT molecular complexity index is 1800. The van der Waals surface area contributed by atoms with Crippen LogP contribution in [0.2, 0.25) is 5.02 Å². The third kappa shape index (κ3) is 6.00. The van der Waals surface area contributed by atoms with Crippen LogP contribution in [0, 0.1) is 23.0 Å².